The average Bonchev–Trinajstić information content (AvgIpc) is 3.57. The Morgan fingerprint density at radius 1 is 1.14 bits per heavy atom. The van der Waals surface area contributed by atoms with Crippen molar-refractivity contribution in [3.8, 4) is 0 Å². The normalized spacial score (nSPS) is 16.0. The second-order valence-corrected chi connectivity index (χ2v) is 12.2. The number of rotatable bonds is 6. The van der Waals surface area contributed by atoms with Crippen LogP contribution in [0, 0.1) is 5.82 Å². The van der Waals surface area contributed by atoms with Gasteiger partial charge in [-0.1, -0.05) is 42.8 Å². The van der Waals surface area contributed by atoms with Crippen molar-refractivity contribution in [1.82, 2.24) is 24.2 Å². The highest BCUT2D eigenvalue weighted by molar-refractivity contribution is 7.90. The molecular weight excluding hydrogens is 587 g/mol. The molecule has 11 nitrogen and oxygen atoms in total. The van der Waals surface area contributed by atoms with Gasteiger partial charge in [-0.15, -0.1) is 0 Å². The lowest BCUT2D eigenvalue weighted by Gasteiger charge is -2.39. The third kappa shape index (κ3) is 4.86. The van der Waals surface area contributed by atoms with Gasteiger partial charge in [-0.05, 0) is 42.2 Å². The minimum Gasteiger partial charge on any atom is -0.365 e. The van der Waals surface area contributed by atoms with E-state index in [1.807, 2.05) is 22.9 Å². The molecule has 0 radical (unpaired) electrons. The van der Waals surface area contributed by atoms with Crippen molar-refractivity contribution in [3.63, 3.8) is 0 Å². The van der Waals surface area contributed by atoms with Crippen molar-refractivity contribution in [1.29, 1.82) is 0 Å². The molecule has 14 heteroatoms. The average molecular weight is 613 g/mol. The zero-order chi connectivity index (χ0) is 29.6. The van der Waals surface area contributed by atoms with Crippen LogP contribution in [0.4, 0.5) is 15.9 Å². The van der Waals surface area contributed by atoms with E-state index in [2.05, 4.69) is 21.5 Å². The molecule has 0 unspecified atom stereocenters. The Kier molecular flexibility index (Phi) is 7.11. The fourth-order valence-electron chi connectivity index (χ4n) is 5.41. The van der Waals surface area contributed by atoms with Crippen LogP contribution in [-0.2, 0) is 31.8 Å². The molecule has 0 atom stereocenters. The van der Waals surface area contributed by atoms with E-state index in [-0.39, 0.29) is 45.0 Å². The summed E-state index contributed by atoms with van der Waals surface area (Å²) in [5.41, 5.74) is 2.07. The predicted octanol–water partition coefficient (Wildman–Crippen LogP) is 4.14. The second-order valence-electron chi connectivity index (χ2n) is 10.1. The molecule has 6 rings (SSSR count). The number of carbonyl (C=O) groups excluding carboxylic acids is 2. The van der Waals surface area contributed by atoms with Crippen LogP contribution < -0.4 is 10.0 Å². The zero-order valence-corrected chi connectivity index (χ0v) is 24.0. The first-order valence-electron chi connectivity index (χ1n) is 13.3. The van der Waals surface area contributed by atoms with Crippen LogP contribution in [0.15, 0.2) is 59.8 Å². The fourth-order valence-corrected chi connectivity index (χ4v) is 6.74. The number of hydrogen-bond donors (Lipinski definition) is 2. The number of amides is 2. The molecule has 4 aromatic rings. The summed E-state index contributed by atoms with van der Waals surface area (Å²) >= 11 is 6.27. The molecule has 2 N–H and O–H groups in total. The van der Waals surface area contributed by atoms with Gasteiger partial charge in [0.25, 0.3) is 15.9 Å². The summed E-state index contributed by atoms with van der Waals surface area (Å²) in [4.78, 5) is 31.4. The first-order valence-corrected chi connectivity index (χ1v) is 15.1. The lowest BCUT2D eigenvalue weighted by molar-refractivity contribution is -0.119. The quantitative estimate of drug-likeness (QED) is 0.332. The third-order valence-corrected chi connectivity index (χ3v) is 9.31. The minimum atomic E-state index is -4.31. The van der Waals surface area contributed by atoms with E-state index in [1.54, 1.807) is 4.90 Å². The first kappa shape index (κ1) is 28.1. The van der Waals surface area contributed by atoms with Crippen LogP contribution in [0.25, 0.3) is 5.65 Å². The van der Waals surface area contributed by atoms with Crippen LogP contribution in [0.2, 0.25) is 5.02 Å². The van der Waals surface area contributed by atoms with Gasteiger partial charge in [0, 0.05) is 25.7 Å². The van der Waals surface area contributed by atoms with Crippen LogP contribution in [0.3, 0.4) is 0 Å². The highest BCUT2D eigenvalue weighted by atomic mass is 35.5. The van der Waals surface area contributed by atoms with Gasteiger partial charge >= 0.3 is 0 Å². The number of nitrogens with zero attached hydrogens (tertiary/aromatic N) is 4. The van der Waals surface area contributed by atoms with Gasteiger partial charge in [-0.2, -0.15) is 9.61 Å². The SMILES string of the molecule is CCC(=O)NS(=O)(=O)c1cnn2c(Nc3ccc(F)cc3Cl)c(C(=O)N3CCC4(CC3)OCc3ccccc34)cnc12. The molecule has 0 aliphatic carbocycles. The van der Waals surface area contributed by atoms with Gasteiger partial charge in [0.1, 0.15) is 17.2 Å². The lowest BCUT2D eigenvalue weighted by atomic mass is 9.83. The molecule has 2 aromatic heterocycles. The smallest absolute Gasteiger partial charge is 0.269 e. The van der Waals surface area contributed by atoms with Gasteiger partial charge in [0.15, 0.2) is 10.5 Å². The van der Waals surface area contributed by atoms with Crippen molar-refractivity contribution in [2.45, 2.75) is 43.3 Å². The van der Waals surface area contributed by atoms with E-state index in [9.17, 15) is 22.4 Å². The molecule has 2 aromatic carbocycles. The van der Waals surface area contributed by atoms with E-state index in [1.165, 1.54) is 25.3 Å². The molecule has 218 valence electrons. The Hall–Kier alpha value is -4.07. The first-order chi connectivity index (χ1) is 20.1. The van der Waals surface area contributed by atoms with Gasteiger partial charge in [0.2, 0.25) is 5.91 Å². The maximum atomic E-state index is 13.9. The van der Waals surface area contributed by atoms with Crippen molar-refractivity contribution < 1.29 is 27.1 Å². The minimum absolute atomic E-state index is 0.0329. The molecule has 1 saturated heterocycles. The fraction of sp³-hybridized carbons (Fsp3) is 0.286. The number of piperidine rings is 1. The Bertz CT molecular complexity index is 1840. The number of halogens is 2. The predicted molar refractivity (Wildman–Crippen MR) is 151 cm³/mol. The maximum Gasteiger partial charge on any atom is 0.269 e. The van der Waals surface area contributed by atoms with E-state index < -0.39 is 27.3 Å². The van der Waals surface area contributed by atoms with Crippen LogP contribution >= 0.6 is 11.6 Å². The standard InChI is InChI=1S/C28H26ClFN6O5S/c1-2-24(37)34-42(39,40)23-15-32-36-25(33-22-8-7-18(30)13-21(22)29)19(14-31-26(23)36)27(38)35-11-9-28(10-12-35)20-6-4-3-5-17(20)16-41-28/h3-8,13-15,33H,2,9-12,16H2,1H3,(H,34,37). The number of aromatic nitrogens is 3. The van der Waals surface area contributed by atoms with Crippen LogP contribution in [-0.4, -0.2) is 52.8 Å². The molecule has 1 fully saturated rings. The number of hydrogen-bond acceptors (Lipinski definition) is 8. The third-order valence-electron chi connectivity index (χ3n) is 7.64. The number of sulfonamides is 1. The summed E-state index contributed by atoms with van der Waals surface area (Å²) < 4.78 is 49.0. The summed E-state index contributed by atoms with van der Waals surface area (Å²) in [6.45, 7) is 2.86. The molecule has 0 bridgehead atoms. The Labute approximate surface area is 245 Å². The number of fused-ring (bicyclic) bond motifs is 3. The van der Waals surface area contributed by atoms with E-state index in [4.69, 9.17) is 16.3 Å². The number of carbonyl (C=O) groups is 2. The van der Waals surface area contributed by atoms with Gasteiger partial charge in [-0.3, -0.25) is 9.59 Å². The number of benzene rings is 2. The highest BCUT2D eigenvalue weighted by Crippen LogP contribution is 2.44. The highest BCUT2D eigenvalue weighted by Gasteiger charge is 2.43. The second kappa shape index (κ2) is 10.6. The molecule has 2 aliphatic heterocycles. The molecule has 42 heavy (non-hydrogen) atoms. The molecule has 2 aliphatic rings. The molecule has 2 amide bonds. The number of likely N-dealkylation sites (tertiary alicyclic amines) is 1. The Morgan fingerprint density at radius 3 is 2.64 bits per heavy atom. The molecular formula is C28H26ClFN6O5S. The molecule has 1 spiro atoms. The topological polar surface area (TPSA) is 135 Å². The molecule has 4 heterocycles. The van der Waals surface area contributed by atoms with Gasteiger partial charge < -0.3 is 15.0 Å². The van der Waals surface area contributed by atoms with Gasteiger partial charge in [0.05, 0.1) is 29.1 Å². The Balaban J connectivity index is 1.37. The van der Waals surface area contributed by atoms with Crippen molar-refractivity contribution in [3.05, 3.63) is 82.4 Å². The van der Waals surface area contributed by atoms with Gasteiger partial charge in [-0.25, -0.2) is 22.5 Å². The van der Waals surface area contributed by atoms with E-state index in [0.29, 0.717) is 32.5 Å². The largest absolute Gasteiger partial charge is 0.365 e. The van der Waals surface area contributed by atoms with E-state index >= 15 is 0 Å². The monoisotopic (exact) mass is 612 g/mol. The van der Waals surface area contributed by atoms with E-state index in [0.717, 1.165) is 27.9 Å². The molecule has 0 saturated carbocycles. The maximum absolute atomic E-state index is 13.9. The van der Waals surface area contributed by atoms with Crippen LogP contribution in [0.1, 0.15) is 47.7 Å². The van der Waals surface area contributed by atoms with Crippen LogP contribution in [0.5, 0.6) is 0 Å². The summed E-state index contributed by atoms with van der Waals surface area (Å²) in [7, 11) is -4.31. The number of anilines is 2. The zero-order valence-electron chi connectivity index (χ0n) is 22.4. The summed E-state index contributed by atoms with van der Waals surface area (Å²) in [5.74, 6) is -1.55. The Morgan fingerprint density at radius 2 is 1.90 bits per heavy atom. The summed E-state index contributed by atoms with van der Waals surface area (Å²) in [6, 6.07) is 11.8. The van der Waals surface area contributed by atoms with Crippen molar-refractivity contribution >= 4 is 50.6 Å². The summed E-state index contributed by atoms with van der Waals surface area (Å²) in [5, 5.41) is 7.24. The van der Waals surface area contributed by atoms with Crippen molar-refractivity contribution in [2.24, 2.45) is 0 Å². The number of ether oxygens (including phenoxy) is 1. The summed E-state index contributed by atoms with van der Waals surface area (Å²) in [6.07, 6.45) is 3.44. The number of nitrogens with one attached hydrogen (secondary N) is 2. The lowest BCUT2D eigenvalue weighted by Crippen LogP contribution is -2.45. The van der Waals surface area contributed by atoms with Crippen molar-refractivity contribution in [2.75, 3.05) is 18.4 Å².